The van der Waals surface area contributed by atoms with E-state index in [1.54, 1.807) is 25.2 Å². The summed E-state index contributed by atoms with van der Waals surface area (Å²) < 4.78 is 27.0. The van der Waals surface area contributed by atoms with Crippen LogP contribution in [0, 0.1) is 5.41 Å². The zero-order valence-electron chi connectivity index (χ0n) is 12.8. The summed E-state index contributed by atoms with van der Waals surface area (Å²) >= 11 is 6.06. The molecule has 0 unspecified atom stereocenters. The summed E-state index contributed by atoms with van der Waals surface area (Å²) in [5.74, 6) is 0. The summed E-state index contributed by atoms with van der Waals surface area (Å²) in [5, 5.41) is 0.179. The van der Waals surface area contributed by atoms with Crippen LogP contribution in [0.4, 0.5) is 5.69 Å². The van der Waals surface area contributed by atoms with Crippen molar-refractivity contribution in [1.29, 1.82) is 0 Å². The summed E-state index contributed by atoms with van der Waals surface area (Å²) in [6.07, 6.45) is 3.78. The van der Waals surface area contributed by atoms with E-state index in [1.807, 2.05) is 0 Å². The van der Waals surface area contributed by atoms with E-state index in [2.05, 4.69) is 13.8 Å². The highest BCUT2D eigenvalue weighted by Gasteiger charge is 2.35. The number of nitrogens with two attached hydrogens (primary N) is 1. The third-order valence-electron chi connectivity index (χ3n) is 4.46. The van der Waals surface area contributed by atoms with Gasteiger partial charge in [-0.25, -0.2) is 8.42 Å². The summed E-state index contributed by atoms with van der Waals surface area (Å²) in [4.78, 5) is 0.0269. The number of hydrogen-bond acceptors (Lipinski definition) is 3. The quantitative estimate of drug-likeness (QED) is 0.862. The second-order valence-electron chi connectivity index (χ2n) is 6.57. The maximum atomic E-state index is 12.8. The van der Waals surface area contributed by atoms with E-state index in [1.165, 1.54) is 4.31 Å². The highest BCUT2D eigenvalue weighted by atomic mass is 35.5. The van der Waals surface area contributed by atoms with E-state index in [9.17, 15) is 8.42 Å². The van der Waals surface area contributed by atoms with Gasteiger partial charge in [-0.3, -0.25) is 0 Å². The number of rotatable bonds is 3. The molecule has 118 valence electrons. The van der Waals surface area contributed by atoms with E-state index in [4.69, 9.17) is 17.3 Å². The van der Waals surface area contributed by atoms with Crippen LogP contribution in [0.1, 0.15) is 39.5 Å². The zero-order valence-corrected chi connectivity index (χ0v) is 14.3. The van der Waals surface area contributed by atoms with Gasteiger partial charge in [-0.2, -0.15) is 4.31 Å². The molecule has 1 aliphatic carbocycles. The van der Waals surface area contributed by atoms with E-state index in [0.717, 1.165) is 25.7 Å². The van der Waals surface area contributed by atoms with Crippen LogP contribution in [-0.2, 0) is 10.0 Å². The molecule has 1 aromatic carbocycles. The van der Waals surface area contributed by atoms with Crippen LogP contribution >= 0.6 is 11.6 Å². The SMILES string of the molecule is CN(C1CCC(C)(C)CC1)S(=O)(=O)c1c(N)cccc1Cl. The van der Waals surface area contributed by atoms with Crippen LogP contribution in [-0.4, -0.2) is 25.8 Å². The van der Waals surface area contributed by atoms with Crippen molar-refractivity contribution >= 4 is 27.3 Å². The zero-order chi connectivity index (χ0) is 15.8. The molecule has 0 bridgehead atoms. The number of hydrogen-bond donors (Lipinski definition) is 1. The first-order valence-electron chi connectivity index (χ1n) is 7.17. The van der Waals surface area contributed by atoms with Gasteiger partial charge in [-0.15, -0.1) is 0 Å². The second kappa shape index (κ2) is 5.78. The van der Waals surface area contributed by atoms with Gasteiger partial charge >= 0.3 is 0 Å². The monoisotopic (exact) mass is 330 g/mol. The van der Waals surface area contributed by atoms with Crippen molar-refractivity contribution in [2.24, 2.45) is 5.41 Å². The van der Waals surface area contributed by atoms with Crippen molar-refractivity contribution in [3.8, 4) is 0 Å². The molecule has 0 aliphatic heterocycles. The van der Waals surface area contributed by atoms with Crippen molar-refractivity contribution in [1.82, 2.24) is 4.31 Å². The van der Waals surface area contributed by atoms with Gasteiger partial charge in [0.2, 0.25) is 10.0 Å². The standard InChI is InChI=1S/C15H23ClN2O2S/c1-15(2)9-7-11(8-10-15)18(3)21(19,20)14-12(16)5-4-6-13(14)17/h4-6,11H,7-10,17H2,1-3H3. The Bertz CT molecular complexity index is 598. The van der Waals surface area contributed by atoms with Gasteiger partial charge in [0, 0.05) is 13.1 Å². The Morgan fingerprint density at radius 1 is 1.29 bits per heavy atom. The average molecular weight is 331 g/mol. The average Bonchev–Trinajstić information content (AvgIpc) is 2.37. The molecule has 1 aliphatic rings. The molecular weight excluding hydrogens is 308 g/mol. The second-order valence-corrected chi connectivity index (χ2v) is 8.92. The van der Waals surface area contributed by atoms with Gasteiger partial charge in [0.25, 0.3) is 0 Å². The van der Waals surface area contributed by atoms with Crippen molar-refractivity contribution in [3.63, 3.8) is 0 Å². The highest BCUT2D eigenvalue weighted by molar-refractivity contribution is 7.89. The third-order valence-corrected chi connectivity index (χ3v) is 6.91. The minimum atomic E-state index is -3.66. The Morgan fingerprint density at radius 2 is 1.86 bits per heavy atom. The first kappa shape index (κ1) is 16.6. The molecule has 1 saturated carbocycles. The largest absolute Gasteiger partial charge is 0.398 e. The lowest BCUT2D eigenvalue weighted by Crippen LogP contribution is -2.41. The molecule has 2 N–H and O–H groups in total. The molecule has 6 heteroatoms. The Balaban J connectivity index is 2.28. The number of halogens is 1. The summed E-state index contributed by atoms with van der Waals surface area (Å²) in [5.41, 5.74) is 6.32. The number of sulfonamides is 1. The fourth-order valence-corrected chi connectivity index (χ4v) is 4.93. The fourth-order valence-electron chi connectivity index (χ4n) is 2.89. The molecule has 0 spiro atoms. The molecule has 0 aromatic heterocycles. The van der Waals surface area contributed by atoms with Crippen LogP contribution in [0.3, 0.4) is 0 Å². The minimum absolute atomic E-state index is 0.0127. The van der Waals surface area contributed by atoms with Gasteiger partial charge in [-0.1, -0.05) is 31.5 Å². The molecule has 0 atom stereocenters. The molecular formula is C15H23ClN2O2S. The van der Waals surface area contributed by atoms with Crippen LogP contribution in [0.2, 0.25) is 5.02 Å². The molecule has 0 saturated heterocycles. The number of nitrogen functional groups attached to an aromatic ring is 1. The van der Waals surface area contributed by atoms with Gasteiger partial charge in [0.15, 0.2) is 0 Å². The molecule has 0 radical (unpaired) electrons. The topological polar surface area (TPSA) is 63.4 Å². The van der Waals surface area contributed by atoms with Crippen molar-refractivity contribution in [2.75, 3.05) is 12.8 Å². The molecule has 4 nitrogen and oxygen atoms in total. The van der Waals surface area contributed by atoms with Crippen LogP contribution in [0.15, 0.2) is 23.1 Å². The molecule has 2 rings (SSSR count). The Hall–Kier alpha value is -0.780. The Labute approximate surface area is 132 Å². The summed E-state index contributed by atoms with van der Waals surface area (Å²) in [7, 11) is -2.03. The van der Waals surface area contributed by atoms with Gasteiger partial charge in [0.05, 0.1) is 10.7 Å². The van der Waals surface area contributed by atoms with E-state index in [-0.39, 0.29) is 21.6 Å². The maximum absolute atomic E-state index is 12.8. The van der Waals surface area contributed by atoms with E-state index >= 15 is 0 Å². The normalized spacial score (nSPS) is 19.9. The predicted octanol–water partition coefficient (Wildman–Crippen LogP) is 3.51. The predicted molar refractivity (Wildman–Crippen MR) is 86.9 cm³/mol. The molecule has 0 heterocycles. The van der Waals surface area contributed by atoms with Crippen molar-refractivity contribution in [2.45, 2.75) is 50.5 Å². The lowest BCUT2D eigenvalue weighted by atomic mass is 9.76. The van der Waals surface area contributed by atoms with Gasteiger partial charge < -0.3 is 5.73 Å². The molecule has 1 fully saturated rings. The van der Waals surface area contributed by atoms with Gasteiger partial charge in [0.1, 0.15) is 4.90 Å². The van der Waals surface area contributed by atoms with Crippen LogP contribution < -0.4 is 5.73 Å². The van der Waals surface area contributed by atoms with E-state index in [0.29, 0.717) is 5.41 Å². The fraction of sp³-hybridized carbons (Fsp3) is 0.600. The third kappa shape index (κ3) is 3.35. The lowest BCUT2D eigenvalue weighted by Gasteiger charge is -2.38. The first-order valence-corrected chi connectivity index (χ1v) is 8.99. The molecule has 21 heavy (non-hydrogen) atoms. The number of nitrogens with zero attached hydrogens (tertiary/aromatic N) is 1. The lowest BCUT2D eigenvalue weighted by molar-refractivity contribution is 0.174. The summed E-state index contributed by atoms with van der Waals surface area (Å²) in [6.45, 7) is 4.45. The maximum Gasteiger partial charge on any atom is 0.246 e. The summed E-state index contributed by atoms with van der Waals surface area (Å²) in [6, 6.07) is 4.79. The van der Waals surface area contributed by atoms with Crippen LogP contribution in [0.5, 0.6) is 0 Å². The number of anilines is 1. The van der Waals surface area contributed by atoms with Crippen molar-refractivity contribution < 1.29 is 8.42 Å². The minimum Gasteiger partial charge on any atom is -0.398 e. The van der Waals surface area contributed by atoms with Crippen molar-refractivity contribution in [3.05, 3.63) is 23.2 Å². The Morgan fingerprint density at radius 3 is 2.38 bits per heavy atom. The highest BCUT2D eigenvalue weighted by Crippen LogP contribution is 2.39. The number of benzene rings is 1. The molecule has 1 aromatic rings. The van der Waals surface area contributed by atoms with Gasteiger partial charge in [-0.05, 0) is 43.2 Å². The van der Waals surface area contributed by atoms with Crippen LogP contribution in [0.25, 0.3) is 0 Å². The molecule has 0 amide bonds. The smallest absolute Gasteiger partial charge is 0.246 e. The Kier molecular flexibility index (Phi) is 4.57. The first-order chi connectivity index (χ1) is 9.65. The van der Waals surface area contributed by atoms with E-state index < -0.39 is 10.0 Å².